The molecule has 3 rings (SSSR count). The number of carbonyl (C=O) groups excluding carboxylic acids is 1. The van der Waals surface area contributed by atoms with Gasteiger partial charge in [-0.25, -0.2) is 4.79 Å². The van der Waals surface area contributed by atoms with E-state index in [0.717, 1.165) is 19.3 Å². The molecule has 3 aliphatic heterocycles. The van der Waals surface area contributed by atoms with E-state index in [4.69, 9.17) is 9.47 Å². The van der Waals surface area contributed by atoms with Crippen molar-refractivity contribution in [3.05, 3.63) is 0 Å². The second-order valence-electron chi connectivity index (χ2n) is 4.71. The molecule has 3 heterocycles. The molecule has 0 aliphatic carbocycles. The van der Waals surface area contributed by atoms with Crippen LogP contribution < -0.4 is 0 Å². The van der Waals surface area contributed by atoms with Crippen molar-refractivity contribution in [1.29, 1.82) is 0 Å². The lowest BCUT2D eigenvalue weighted by Gasteiger charge is -2.45. The third kappa shape index (κ3) is 1.47. The molecule has 0 aromatic carbocycles. The number of alkyl halides is 1. The highest BCUT2D eigenvalue weighted by atomic mass is 127. The lowest BCUT2D eigenvalue weighted by Crippen LogP contribution is -2.59. The molecule has 5 heteroatoms. The Morgan fingerprint density at radius 1 is 1.44 bits per heavy atom. The largest absolute Gasteiger partial charge is 0.450 e. The summed E-state index contributed by atoms with van der Waals surface area (Å²) in [6.45, 7) is 2.31. The number of hydrogen-bond acceptors (Lipinski definition) is 3. The van der Waals surface area contributed by atoms with Crippen LogP contribution in [0.5, 0.6) is 0 Å². The lowest BCUT2D eigenvalue weighted by molar-refractivity contribution is 0.0182. The van der Waals surface area contributed by atoms with E-state index in [1.54, 1.807) is 0 Å². The first-order valence-corrected chi connectivity index (χ1v) is 7.21. The summed E-state index contributed by atoms with van der Waals surface area (Å²) in [7, 11) is 0. The van der Waals surface area contributed by atoms with Crippen molar-refractivity contribution >= 4 is 28.7 Å². The van der Waals surface area contributed by atoms with Crippen LogP contribution in [0.1, 0.15) is 26.2 Å². The summed E-state index contributed by atoms with van der Waals surface area (Å²) in [5.74, 6) is 0. The average molecular weight is 337 g/mol. The Hall–Kier alpha value is -0.0400. The van der Waals surface area contributed by atoms with Gasteiger partial charge in [-0.2, -0.15) is 0 Å². The van der Waals surface area contributed by atoms with Gasteiger partial charge >= 0.3 is 6.09 Å². The third-order valence-electron chi connectivity index (χ3n) is 3.92. The Labute approximate surface area is 109 Å². The first-order chi connectivity index (χ1) is 7.72. The molecule has 4 nitrogen and oxygen atoms in total. The lowest BCUT2D eigenvalue weighted by atomic mass is 9.85. The SMILES string of the molecule is CCOC(=O)N1[C@@H]2CC[C@H]3O[C@H](C[C@H]31)[C@H]2I. The molecule has 3 saturated heterocycles. The maximum absolute atomic E-state index is 12.0. The first kappa shape index (κ1) is 11.1. The summed E-state index contributed by atoms with van der Waals surface area (Å²) >= 11 is 2.44. The first-order valence-electron chi connectivity index (χ1n) is 5.97. The molecule has 0 N–H and O–H groups in total. The normalized spacial score (nSPS) is 44.9. The average Bonchev–Trinajstić information content (AvgIpc) is 2.59. The summed E-state index contributed by atoms with van der Waals surface area (Å²) in [4.78, 5) is 13.9. The Kier molecular flexibility index (Phi) is 2.78. The number of fused-ring (bicyclic) bond motifs is 2. The van der Waals surface area contributed by atoms with E-state index in [1.165, 1.54) is 0 Å². The number of carbonyl (C=O) groups is 1. The van der Waals surface area contributed by atoms with E-state index < -0.39 is 0 Å². The van der Waals surface area contributed by atoms with Crippen LogP contribution >= 0.6 is 22.6 Å². The van der Waals surface area contributed by atoms with Gasteiger partial charge in [0, 0.05) is 6.04 Å². The summed E-state index contributed by atoms with van der Waals surface area (Å²) in [5, 5.41) is 0. The predicted octanol–water partition coefficient (Wildman–Crippen LogP) is 1.95. The Morgan fingerprint density at radius 2 is 2.25 bits per heavy atom. The number of halogens is 1. The predicted molar refractivity (Wildman–Crippen MR) is 66.8 cm³/mol. The zero-order valence-electron chi connectivity index (χ0n) is 9.27. The van der Waals surface area contributed by atoms with Crippen LogP contribution in [0.25, 0.3) is 0 Å². The molecule has 5 atom stereocenters. The van der Waals surface area contributed by atoms with E-state index in [1.807, 2.05) is 11.8 Å². The molecule has 0 unspecified atom stereocenters. The van der Waals surface area contributed by atoms with Gasteiger partial charge in [0.05, 0.1) is 28.8 Å². The van der Waals surface area contributed by atoms with Crippen molar-refractivity contribution in [2.45, 2.75) is 54.4 Å². The van der Waals surface area contributed by atoms with E-state index >= 15 is 0 Å². The van der Waals surface area contributed by atoms with E-state index in [9.17, 15) is 4.79 Å². The maximum Gasteiger partial charge on any atom is 0.410 e. The van der Waals surface area contributed by atoms with Gasteiger partial charge in [0.25, 0.3) is 0 Å². The van der Waals surface area contributed by atoms with Gasteiger partial charge in [-0.05, 0) is 26.2 Å². The standard InChI is InChI=1S/C11H16INO3/c1-2-15-11(14)13-6-3-4-8-7(13)5-9(16-8)10(6)12/h6-10H,2-5H2,1H3/t6-,7-,8-,9-,10+/m1/s1. The van der Waals surface area contributed by atoms with Crippen LogP contribution in [0.3, 0.4) is 0 Å². The molecule has 0 saturated carbocycles. The second kappa shape index (κ2) is 4.01. The number of amides is 1. The highest BCUT2D eigenvalue weighted by Gasteiger charge is 2.56. The smallest absolute Gasteiger partial charge is 0.410 e. The van der Waals surface area contributed by atoms with Gasteiger partial charge in [0.15, 0.2) is 0 Å². The monoisotopic (exact) mass is 337 g/mol. The molecule has 0 aromatic rings. The Morgan fingerprint density at radius 3 is 3.00 bits per heavy atom. The van der Waals surface area contributed by atoms with Crippen molar-refractivity contribution < 1.29 is 14.3 Å². The molecule has 0 spiro atoms. The summed E-state index contributed by atoms with van der Waals surface area (Å²) in [6.07, 6.45) is 3.62. The van der Waals surface area contributed by atoms with Crippen LogP contribution in [0.15, 0.2) is 0 Å². The van der Waals surface area contributed by atoms with Crippen molar-refractivity contribution in [2.75, 3.05) is 6.61 Å². The fraction of sp³-hybridized carbons (Fsp3) is 0.909. The second-order valence-corrected chi connectivity index (χ2v) is 6.15. The van der Waals surface area contributed by atoms with E-state index in [0.29, 0.717) is 22.7 Å². The summed E-state index contributed by atoms with van der Waals surface area (Å²) in [5.41, 5.74) is 0. The fourth-order valence-corrected chi connectivity index (χ4v) is 4.44. The van der Waals surface area contributed by atoms with Gasteiger partial charge < -0.3 is 9.47 Å². The quantitative estimate of drug-likeness (QED) is 0.542. The van der Waals surface area contributed by atoms with Crippen molar-refractivity contribution in [2.24, 2.45) is 0 Å². The number of ether oxygens (including phenoxy) is 2. The Balaban J connectivity index is 1.86. The Bertz CT molecular complexity index is 312. The van der Waals surface area contributed by atoms with Crippen LogP contribution in [-0.2, 0) is 9.47 Å². The van der Waals surface area contributed by atoms with Crippen molar-refractivity contribution in [1.82, 2.24) is 4.90 Å². The van der Waals surface area contributed by atoms with E-state index in [2.05, 4.69) is 22.6 Å². The van der Waals surface area contributed by atoms with Crippen LogP contribution in [-0.4, -0.2) is 45.8 Å². The number of hydrogen-bond donors (Lipinski definition) is 0. The van der Waals surface area contributed by atoms with Crippen LogP contribution in [0.2, 0.25) is 0 Å². The highest BCUT2D eigenvalue weighted by Crippen LogP contribution is 2.46. The molecule has 3 bridgehead atoms. The number of rotatable bonds is 1. The molecular formula is C11H16INO3. The van der Waals surface area contributed by atoms with Crippen molar-refractivity contribution in [3.63, 3.8) is 0 Å². The minimum atomic E-state index is -0.146. The van der Waals surface area contributed by atoms with Gasteiger partial charge in [-0.1, -0.05) is 22.6 Å². The molecule has 90 valence electrons. The maximum atomic E-state index is 12.0. The summed E-state index contributed by atoms with van der Waals surface area (Å²) < 4.78 is 11.6. The zero-order valence-corrected chi connectivity index (χ0v) is 11.4. The van der Waals surface area contributed by atoms with E-state index in [-0.39, 0.29) is 18.2 Å². The molecule has 16 heavy (non-hydrogen) atoms. The zero-order chi connectivity index (χ0) is 11.3. The van der Waals surface area contributed by atoms with Gasteiger partial charge in [-0.15, -0.1) is 0 Å². The third-order valence-corrected chi connectivity index (χ3v) is 5.55. The molecule has 3 fully saturated rings. The topological polar surface area (TPSA) is 38.8 Å². The minimum absolute atomic E-state index is 0.146. The minimum Gasteiger partial charge on any atom is -0.450 e. The number of piperidine rings is 2. The highest BCUT2D eigenvalue weighted by molar-refractivity contribution is 14.1. The van der Waals surface area contributed by atoms with Gasteiger partial charge in [0.1, 0.15) is 0 Å². The van der Waals surface area contributed by atoms with Crippen LogP contribution in [0.4, 0.5) is 4.79 Å². The molecular weight excluding hydrogens is 321 g/mol. The van der Waals surface area contributed by atoms with Gasteiger partial charge in [-0.3, -0.25) is 4.90 Å². The van der Waals surface area contributed by atoms with Gasteiger partial charge in [0.2, 0.25) is 0 Å². The molecule has 3 aliphatic rings. The van der Waals surface area contributed by atoms with Crippen molar-refractivity contribution in [3.8, 4) is 0 Å². The summed E-state index contributed by atoms with van der Waals surface area (Å²) in [6, 6.07) is 0.593. The molecule has 0 aromatic heterocycles. The van der Waals surface area contributed by atoms with Crippen LogP contribution in [0, 0.1) is 0 Å². The fourth-order valence-electron chi connectivity index (χ4n) is 3.27. The molecule has 1 amide bonds. The number of nitrogens with zero attached hydrogens (tertiary/aromatic N) is 1. The molecule has 0 radical (unpaired) electrons.